The first-order valence-electron chi connectivity index (χ1n) is 9.97. The summed E-state index contributed by atoms with van der Waals surface area (Å²) in [5, 5.41) is 32.4. The van der Waals surface area contributed by atoms with Crippen LogP contribution >= 0.6 is 0 Å². The van der Waals surface area contributed by atoms with Gasteiger partial charge in [0.2, 0.25) is 5.91 Å². The van der Waals surface area contributed by atoms with Gasteiger partial charge in [-0.1, -0.05) is 31.2 Å². The molecule has 12 nitrogen and oxygen atoms in total. The Labute approximate surface area is 184 Å². The van der Waals surface area contributed by atoms with Crippen molar-refractivity contribution in [3.63, 3.8) is 0 Å². The number of nitrogens with one attached hydrogen (secondary N) is 2. The van der Waals surface area contributed by atoms with Crippen LogP contribution < -0.4 is 21.0 Å². The molecule has 0 spiro atoms. The summed E-state index contributed by atoms with van der Waals surface area (Å²) in [5.41, 5.74) is 5.93. The van der Waals surface area contributed by atoms with Crippen LogP contribution in [0.3, 0.4) is 0 Å². The highest BCUT2D eigenvalue weighted by Crippen LogP contribution is 2.30. The number of carbonyl (C=O) groups is 3. The molecule has 0 bridgehead atoms. The summed E-state index contributed by atoms with van der Waals surface area (Å²) in [4.78, 5) is 35.9. The molecule has 3 rings (SSSR count). The van der Waals surface area contributed by atoms with Crippen molar-refractivity contribution >= 4 is 24.9 Å². The van der Waals surface area contributed by atoms with E-state index in [-0.39, 0.29) is 35.4 Å². The third-order valence-electron chi connectivity index (χ3n) is 5.05. The first-order chi connectivity index (χ1) is 15.1. The first kappa shape index (κ1) is 23.2. The summed E-state index contributed by atoms with van der Waals surface area (Å²) in [7, 11) is -1.42. The molecule has 170 valence electrons. The lowest BCUT2D eigenvalue weighted by molar-refractivity contribution is -0.122. The van der Waals surface area contributed by atoms with Crippen molar-refractivity contribution in [1.29, 1.82) is 0 Å². The van der Waals surface area contributed by atoms with Crippen molar-refractivity contribution in [1.82, 2.24) is 25.6 Å². The molecule has 2 aromatic rings. The number of rotatable bonds is 8. The second-order valence-electron chi connectivity index (χ2n) is 8.34. The molecule has 1 atom stereocenters. The fourth-order valence-electron chi connectivity index (χ4n) is 3.08. The third kappa shape index (κ3) is 5.42. The zero-order chi connectivity index (χ0) is 23.5. The van der Waals surface area contributed by atoms with Gasteiger partial charge in [-0.3, -0.25) is 9.59 Å². The van der Waals surface area contributed by atoms with Crippen LogP contribution in [0.25, 0.3) is 0 Å². The summed E-state index contributed by atoms with van der Waals surface area (Å²) < 4.78 is 6.55. The van der Waals surface area contributed by atoms with Crippen LogP contribution in [0.5, 0.6) is 5.75 Å². The van der Waals surface area contributed by atoms with Crippen LogP contribution in [0.15, 0.2) is 24.4 Å². The predicted octanol–water partition coefficient (Wildman–Crippen LogP) is -1.17. The van der Waals surface area contributed by atoms with Crippen LogP contribution in [-0.2, 0) is 17.8 Å². The number of carboxylic acids is 1. The van der Waals surface area contributed by atoms with Gasteiger partial charge in [-0.05, 0) is 30.0 Å². The highest BCUT2D eigenvalue weighted by Gasteiger charge is 2.37. The average Bonchev–Trinajstić information content (AvgIpc) is 3.20. The van der Waals surface area contributed by atoms with Gasteiger partial charge in [-0.15, -0.1) is 5.10 Å². The Bertz CT molecular complexity index is 1030. The van der Waals surface area contributed by atoms with E-state index in [1.165, 1.54) is 16.9 Å². The highest BCUT2D eigenvalue weighted by molar-refractivity contribution is 6.47. The van der Waals surface area contributed by atoms with Crippen molar-refractivity contribution in [3.05, 3.63) is 41.2 Å². The van der Waals surface area contributed by atoms with E-state index in [2.05, 4.69) is 20.9 Å². The molecule has 2 amide bonds. The molecule has 1 aliphatic heterocycles. The number of fused-ring (bicyclic) bond motifs is 1. The van der Waals surface area contributed by atoms with Crippen molar-refractivity contribution in [3.8, 4) is 5.75 Å². The number of nitrogens with two attached hydrogens (primary N) is 1. The Morgan fingerprint density at radius 1 is 1.38 bits per heavy atom. The van der Waals surface area contributed by atoms with E-state index in [1.807, 2.05) is 13.8 Å². The molecule has 0 radical (unpaired) electrons. The number of hydrogen-bond acceptors (Lipinski definition) is 8. The summed E-state index contributed by atoms with van der Waals surface area (Å²) >= 11 is 0. The quantitative estimate of drug-likeness (QED) is 0.313. The summed E-state index contributed by atoms with van der Waals surface area (Å²) in [6.07, 6.45) is 1.53. The number of hydrogen-bond donors (Lipinski definition) is 5. The fraction of sp³-hybridized carbons (Fsp3) is 0.421. The molecule has 6 N–H and O–H groups in total. The van der Waals surface area contributed by atoms with Crippen molar-refractivity contribution in [2.24, 2.45) is 11.1 Å². The van der Waals surface area contributed by atoms with Gasteiger partial charge in [0, 0.05) is 6.54 Å². The Balaban J connectivity index is 1.58. The molecule has 1 aromatic heterocycles. The lowest BCUT2D eigenvalue weighted by atomic mass is 9.72. The summed E-state index contributed by atoms with van der Waals surface area (Å²) in [5.74, 6) is -2.79. The maximum absolute atomic E-state index is 12.4. The SMILES string of the molecule is CC(C)(CN)CNC(=O)c1cn(CC(=O)N[C@H]2Cc3cccc(C(=O)O)c3OB2O)nn1. The van der Waals surface area contributed by atoms with Crippen LogP contribution in [0.1, 0.15) is 40.3 Å². The van der Waals surface area contributed by atoms with Gasteiger partial charge in [0.05, 0.1) is 17.7 Å². The zero-order valence-corrected chi connectivity index (χ0v) is 17.7. The summed E-state index contributed by atoms with van der Waals surface area (Å²) in [6.45, 7) is 4.36. The number of para-hydroxylation sites is 1. The average molecular weight is 444 g/mol. The van der Waals surface area contributed by atoms with Crippen LogP contribution in [-0.4, -0.2) is 69.1 Å². The monoisotopic (exact) mass is 444 g/mol. The van der Waals surface area contributed by atoms with Gasteiger partial charge in [-0.2, -0.15) is 0 Å². The van der Waals surface area contributed by atoms with E-state index in [4.69, 9.17) is 10.4 Å². The van der Waals surface area contributed by atoms with E-state index in [1.54, 1.807) is 12.1 Å². The van der Waals surface area contributed by atoms with E-state index < -0.39 is 30.8 Å². The molecule has 2 heterocycles. The fourth-order valence-corrected chi connectivity index (χ4v) is 3.08. The largest absolute Gasteiger partial charge is 0.547 e. The second kappa shape index (κ2) is 9.36. The molecule has 0 saturated heterocycles. The predicted molar refractivity (Wildman–Crippen MR) is 113 cm³/mol. The number of benzene rings is 1. The summed E-state index contributed by atoms with van der Waals surface area (Å²) in [6, 6.07) is 4.61. The van der Waals surface area contributed by atoms with Gasteiger partial charge in [-0.25, -0.2) is 9.48 Å². The van der Waals surface area contributed by atoms with Crippen LogP contribution in [0.2, 0.25) is 0 Å². The molecule has 0 saturated carbocycles. The number of nitrogens with zero attached hydrogens (tertiary/aromatic N) is 3. The molecule has 0 unspecified atom stereocenters. The molecule has 1 aliphatic rings. The molecule has 13 heteroatoms. The lowest BCUT2D eigenvalue weighted by Gasteiger charge is -2.28. The molecule has 1 aromatic carbocycles. The van der Waals surface area contributed by atoms with Crippen LogP contribution in [0, 0.1) is 5.41 Å². The maximum atomic E-state index is 12.4. The van der Waals surface area contributed by atoms with Crippen molar-refractivity contribution in [2.75, 3.05) is 13.1 Å². The molecular formula is C19H25BN6O6. The van der Waals surface area contributed by atoms with Crippen molar-refractivity contribution in [2.45, 2.75) is 32.8 Å². The molecular weight excluding hydrogens is 419 g/mol. The highest BCUT2D eigenvalue weighted by atomic mass is 16.5. The van der Waals surface area contributed by atoms with Gasteiger partial charge in [0.15, 0.2) is 5.69 Å². The number of carbonyl (C=O) groups excluding carboxylic acids is 2. The minimum Gasteiger partial charge on any atom is -0.534 e. The Morgan fingerprint density at radius 3 is 2.81 bits per heavy atom. The van der Waals surface area contributed by atoms with Gasteiger partial charge >= 0.3 is 13.1 Å². The number of carboxylic acid groups (broad SMARTS) is 1. The zero-order valence-electron chi connectivity index (χ0n) is 17.7. The Kier molecular flexibility index (Phi) is 6.79. The minimum atomic E-state index is -1.42. The lowest BCUT2D eigenvalue weighted by Crippen LogP contribution is -2.53. The minimum absolute atomic E-state index is 0.0572. The number of amides is 2. The first-order valence-corrected chi connectivity index (χ1v) is 9.97. The standard InChI is InChI=1S/C19H25BN6O6/c1-19(2,9-21)10-22-17(28)13-7-26(25-24-13)8-15(27)23-14-6-11-4-3-5-12(18(29)30)16(11)32-20(14)31/h3-5,7,14,31H,6,8-10,21H2,1-2H3,(H,22,28)(H,23,27)(H,29,30)/t14-/m0/s1. The Hall–Kier alpha value is -3.45. The van der Waals surface area contributed by atoms with E-state index >= 15 is 0 Å². The topological polar surface area (TPSA) is 182 Å². The Morgan fingerprint density at radius 2 is 2.12 bits per heavy atom. The molecule has 0 fully saturated rings. The van der Waals surface area contributed by atoms with Gasteiger partial charge in [0.1, 0.15) is 12.3 Å². The molecule has 32 heavy (non-hydrogen) atoms. The van der Waals surface area contributed by atoms with E-state index in [9.17, 15) is 24.5 Å². The van der Waals surface area contributed by atoms with Crippen molar-refractivity contribution < 1.29 is 29.2 Å². The van der Waals surface area contributed by atoms with Crippen LogP contribution in [0.4, 0.5) is 0 Å². The third-order valence-corrected chi connectivity index (χ3v) is 5.05. The van der Waals surface area contributed by atoms with Gasteiger partial charge in [0.25, 0.3) is 5.91 Å². The number of aromatic carboxylic acids is 1. The number of aromatic nitrogens is 3. The smallest absolute Gasteiger partial charge is 0.534 e. The maximum Gasteiger partial charge on any atom is 0.547 e. The van der Waals surface area contributed by atoms with Gasteiger partial charge < -0.3 is 31.2 Å². The van der Waals surface area contributed by atoms with E-state index in [0.29, 0.717) is 18.7 Å². The van der Waals surface area contributed by atoms with E-state index in [0.717, 1.165) is 0 Å². The second-order valence-corrected chi connectivity index (χ2v) is 8.34. The normalized spacial score (nSPS) is 15.5. The molecule has 0 aliphatic carbocycles.